The Hall–Kier alpha value is -0.420. The number of rotatable bonds is 3. The molecule has 0 fully saturated rings. The van der Waals surface area contributed by atoms with Gasteiger partial charge in [-0.05, 0) is 15.9 Å². The van der Waals surface area contributed by atoms with Gasteiger partial charge in [0.15, 0.2) is 3.92 Å². The molecular formula is C8H11BrN2OS. The summed E-state index contributed by atoms with van der Waals surface area (Å²) in [4.78, 5) is 16.3. The van der Waals surface area contributed by atoms with Gasteiger partial charge in [0.2, 0.25) is 5.91 Å². The number of nitrogens with zero attached hydrogens (tertiary/aromatic N) is 1. The van der Waals surface area contributed by atoms with E-state index < -0.39 is 0 Å². The zero-order valence-corrected chi connectivity index (χ0v) is 9.91. The van der Waals surface area contributed by atoms with Gasteiger partial charge in [-0.15, -0.1) is 11.3 Å². The third kappa shape index (κ3) is 3.44. The van der Waals surface area contributed by atoms with Gasteiger partial charge >= 0.3 is 0 Å². The Kier molecular flexibility index (Phi) is 3.87. The van der Waals surface area contributed by atoms with E-state index in [-0.39, 0.29) is 11.8 Å². The first-order valence-electron chi connectivity index (χ1n) is 3.97. The van der Waals surface area contributed by atoms with E-state index in [4.69, 9.17) is 0 Å². The summed E-state index contributed by atoms with van der Waals surface area (Å²) < 4.78 is 0.848. The number of nitrogens with one attached hydrogen (secondary N) is 1. The van der Waals surface area contributed by atoms with Crippen LogP contribution in [0.1, 0.15) is 18.7 Å². The second-order valence-electron chi connectivity index (χ2n) is 2.95. The molecule has 0 spiro atoms. The summed E-state index contributed by atoms with van der Waals surface area (Å²) in [5, 5.41) is 2.82. The Morgan fingerprint density at radius 2 is 2.46 bits per heavy atom. The van der Waals surface area contributed by atoms with E-state index in [1.54, 1.807) is 6.20 Å². The molecule has 0 aromatic carbocycles. The maximum atomic E-state index is 11.2. The van der Waals surface area contributed by atoms with Crippen LogP contribution in [0.2, 0.25) is 0 Å². The second kappa shape index (κ2) is 4.72. The SMILES string of the molecule is CC(C)C(=O)NCc1cnc(Br)s1. The van der Waals surface area contributed by atoms with Crippen molar-refractivity contribution in [3.05, 3.63) is 15.0 Å². The molecule has 0 saturated carbocycles. The smallest absolute Gasteiger partial charge is 0.222 e. The first kappa shape index (κ1) is 10.7. The van der Waals surface area contributed by atoms with Crippen LogP contribution in [0.25, 0.3) is 0 Å². The highest BCUT2D eigenvalue weighted by molar-refractivity contribution is 9.11. The van der Waals surface area contributed by atoms with Gasteiger partial charge in [0.05, 0.1) is 6.54 Å². The summed E-state index contributed by atoms with van der Waals surface area (Å²) in [6.45, 7) is 4.32. The lowest BCUT2D eigenvalue weighted by molar-refractivity contribution is -0.124. The zero-order chi connectivity index (χ0) is 9.84. The molecule has 1 amide bonds. The lowest BCUT2D eigenvalue weighted by Crippen LogP contribution is -2.26. The van der Waals surface area contributed by atoms with E-state index in [1.165, 1.54) is 11.3 Å². The summed E-state index contributed by atoms with van der Waals surface area (Å²) in [6, 6.07) is 0. The van der Waals surface area contributed by atoms with Crippen molar-refractivity contribution in [2.24, 2.45) is 5.92 Å². The highest BCUT2D eigenvalue weighted by Crippen LogP contribution is 2.17. The Bertz CT molecular complexity index is 298. The number of halogens is 1. The maximum Gasteiger partial charge on any atom is 0.222 e. The lowest BCUT2D eigenvalue weighted by Gasteiger charge is -2.04. The molecule has 0 atom stereocenters. The molecule has 0 bridgehead atoms. The van der Waals surface area contributed by atoms with E-state index in [0.717, 1.165) is 8.79 Å². The predicted molar refractivity (Wildman–Crippen MR) is 56.5 cm³/mol. The van der Waals surface area contributed by atoms with Crippen molar-refractivity contribution < 1.29 is 4.79 Å². The summed E-state index contributed by atoms with van der Waals surface area (Å²) in [6.07, 6.45) is 1.76. The van der Waals surface area contributed by atoms with Crippen LogP contribution in [0, 0.1) is 5.92 Å². The van der Waals surface area contributed by atoms with E-state index in [1.807, 2.05) is 13.8 Å². The molecule has 72 valence electrons. The molecule has 1 rings (SSSR count). The summed E-state index contributed by atoms with van der Waals surface area (Å²) in [7, 11) is 0. The van der Waals surface area contributed by atoms with E-state index in [9.17, 15) is 4.79 Å². The maximum absolute atomic E-state index is 11.2. The molecule has 3 nitrogen and oxygen atoms in total. The molecule has 1 heterocycles. The van der Waals surface area contributed by atoms with Crippen molar-refractivity contribution in [1.82, 2.24) is 10.3 Å². The first-order chi connectivity index (χ1) is 6.09. The second-order valence-corrected chi connectivity index (χ2v) is 5.34. The van der Waals surface area contributed by atoms with Gasteiger partial charge in [-0.3, -0.25) is 4.79 Å². The average molecular weight is 263 g/mol. The van der Waals surface area contributed by atoms with Crippen molar-refractivity contribution >= 4 is 33.2 Å². The topological polar surface area (TPSA) is 42.0 Å². The summed E-state index contributed by atoms with van der Waals surface area (Å²) in [5.41, 5.74) is 0. The monoisotopic (exact) mass is 262 g/mol. The Labute approximate surface area is 89.7 Å². The van der Waals surface area contributed by atoms with Crippen molar-refractivity contribution in [3.8, 4) is 0 Å². The number of carbonyl (C=O) groups excluding carboxylic acids is 1. The van der Waals surface area contributed by atoms with Crippen LogP contribution in [0.4, 0.5) is 0 Å². The molecule has 1 aromatic rings. The van der Waals surface area contributed by atoms with Crippen LogP contribution in [0.15, 0.2) is 10.1 Å². The molecule has 5 heteroatoms. The number of thiazole rings is 1. The Balaban J connectivity index is 2.39. The van der Waals surface area contributed by atoms with Crippen LogP contribution in [0.5, 0.6) is 0 Å². The predicted octanol–water partition coefficient (Wildman–Crippen LogP) is 2.18. The van der Waals surface area contributed by atoms with Gasteiger partial charge in [0, 0.05) is 17.0 Å². The van der Waals surface area contributed by atoms with Crippen LogP contribution in [-0.2, 0) is 11.3 Å². The van der Waals surface area contributed by atoms with Crippen LogP contribution < -0.4 is 5.32 Å². The molecule has 1 aromatic heterocycles. The standard InChI is InChI=1S/C8H11BrN2OS/c1-5(2)7(12)10-3-6-4-11-8(9)13-6/h4-5H,3H2,1-2H3,(H,10,12). The van der Waals surface area contributed by atoms with Gasteiger partial charge in [0.1, 0.15) is 0 Å². The van der Waals surface area contributed by atoms with Gasteiger partial charge in [-0.1, -0.05) is 13.8 Å². The fourth-order valence-corrected chi connectivity index (χ4v) is 2.04. The van der Waals surface area contributed by atoms with Crippen molar-refractivity contribution in [1.29, 1.82) is 0 Å². The van der Waals surface area contributed by atoms with E-state index in [2.05, 4.69) is 26.2 Å². The number of carbonyl (C=O) groups is 1. The minimum atomic E-state index is 0.0383. The molecule has 0 aliphatic heterocycles. The largest absolute Gasteiger partial charge is 0.351 e. The van der Waals surface area contributed by atoms with Crippen molar-refractivity contribution in [2.75, 3.05) is 0 Å². The first-order valence-corrected chi connectivity index (χ1v) is 5.58. The van der Waals surface area contributed by atoms with Crippen LogP contribution in [0.3, 0.4) is 0 Å². The van der Waals surface area contributed by atoms with Gasteiger partial charge in [-0.25, -0.2) is 4.98 Å². The molecule has 0 aliphatic carbocycles. The third-order valence-corrected chi connectivity index (χ3v) is 2.96. The van der Waals surface area contributed by atoms with Crippen molar-refractivity contribution in [2.45, 2.75) is 20.4 Å². The Morgan fingerprint density at radius 3 is 2.92 bits per heavy atom. The van der Waals surface area contributed by atoms with Crippen LogP contribution in [-0.4, -0.2) is 10.9 Å². The summed E-state index contributed by atoms with van der Waals surface area (Å²) in [5.74, 6) is 0.112. The van der Waals surface area contributed by atoms with Crippen molar-refractivity contribution in [3.63, 3.8) is 0 Å². The van der Waals surface area contributed by atoms with Crippen LogP contribution >= 0.6 is 27.3 Å². The minimum absolute atomic E-state index is 0.0383. The zero-order valence-electron chi connectivity index (χ0n) is 7.50. The molecular weight excluding hydrogens is 252 g/mol. The van der Waals surface area contributed by atoms with E-state index in [0.29, 0.717) is 6.54 Å². The third-order valence-electron chi connectivity index (χ3n) is 1.49. The van der Waals surface area contributed by atoms with Gasteiger partial charge < -0.3 is 5.32 Å². The average Bonchev–Trinajstić information content (AvgIpc) is 2.47. The number of aromatic nitrogens is 1. The number of hydrogen-bond acceptors (Lipinski definition) is 3. The fourth-order valence-electron chi connectivity index (χ4n) is 0.744. The molecule has 1 N–H and O–H groups in total. The highest BCUT2D eigenvalue weighted by atomic mass is 79.9. The molecule has 0 saturated heterocycles. The van der Waals surface area contributed by atoms with Gasteiger partial charge in [-0.2, -0.15) is 0 Å². The lowest BCUT2D eigenvalue weighted by atomic mass is 10.2. The molecule has 0 radical (unpaired) electrons. The number of hydrogen-bond donors (Lipinski definition) is 1. The minimum Gasteiger partial charge on any atom is -0.351 e. The van der Waals surface area contributed by atoms with E-state index >= 15 is 0 Å². The highest BCUT2D eigenvalue weighted by Gasteiger charge is 2.06. The van der Waals surface area contributed by atoms with Gasteiger partial charge in [0.25, 0.3) is 0 Å². The summed E-state index contributed by atoms with van der Waals surface area (Å²) >= 11 is 4.80. The quantitative estimate of drug-likeness (QED) is 0.908. The fraction of sp³-hybridized carbons (Fsp3) is 0.500. The normalized spacial score (nSPS) is 10.5. The number of amides is 1. The Morgan fingerprint density at radius 1 is 1.77 bits per heavy atom. The molecule has 0 unspecified atom stereocenters. The molecule has 13 heavy (non-hydrogen) atoms. The molecule has 0 aliphatic rings.